The summed E-state index contributed by atoms with van der Waals surface area (Å²) in [5, 5.41) is -0.177. The van der Waals surface area contributed by atoms with Crippen molar-refractivity contribution >= 4 is 26.8 Å². The summed E-state index contributed by atoms with van der Waals surface area (Å²) in [6, 6.07) is 6.96. The molecule has 4 rings (SSSR count). The van der Waals surface area contributed by atoms with Crippen LogP contribution < -0.4 is 9.64 Å². The van der Waals surface area contributed by atoms with Crippen molar-refractivity contribution in [2.45, 2.75) is 30.7 Å². The van der Waals surface area contributed by atoms with Gasteiger partial charge in [0, 0.05) is 26.6 Å². The number of nitrogens with zero attached hydrogens (tertiary/aromatic N) is 5. The zero-order valence-corrected chi connectivity index (χ0v) is 18.9. The largest absolute Gasteiger partial charge is 0.497 e. The first-order chi connectivity index (χ1) is 14.9. The van der Waals surface area contributed by atoms with Crippen LogP contribution in [0.15, 0.2) is 29.4 Å². The maximum Gasteiger partial charge on any atom is 0.251 e. The second kappa shape index (κ2) is 8.80. The van der Waals surface area contributed by atoms with Gasteiger partial charge in [0.15, 0.2) is 17.0 Å². The van der Waals surface area contributed by atoms with Gasteiger partial charge in [0.25, 0.3) is 5.16 Å². The Morgan fingerprint density at radius 3 is 2.45 bits per heavy atom. The first kappa shape index (κ1) is 21.5. The number of ether oxygens (including phenoxy) is 2. The molecular weight excluding hydrogens is 418 g/mol. The Balaban J connectivity index is 1.79. The number of benzene rings is 1. The highest BCUT2D eigenvalue weighted by Gasteiger charge is 2.27. The second-order valence-electron chi connectivity index (χ2n) is 7.55. The van der Waals surface area contributed by atoms with E-state index in [4.69, 9.17) is 14.5 Å². The summed E-state index contributed by atoms with van der Waals surface area (Å²) < 4.78 is 39.0. The summed E-state index contributed by atoms with van der Waals surface area (Å²) in [6.45, 7) is 4.47. The number of hydrogen-bond donors (Lipinski definition) is 0. The molecule has 0 radical (unpaired) electrons. The lowest BCUT2D eigenvalue weighted by Crippen LogP contribution is -2.37. The molecule has 1 saturated heterocycles. The molecule has 0 spiro atoms. The van der Waals surface area contributed by atoms with Gasteiger partial charge in [-0.1, -0.05) is 19.1 Å². The van der Waals surface area contributed by atoms with Gasteiger partial charge in [0.2, 0.25) is 9.84 Å². The molecular formula is C21H27N5O4S. The summed E-state index contributed by atoms with van der Waals surface area (Å²) in [4.78, 5) is 15.7. The van der Waals surface area contributed by atoms with Crippen molar-refractivity contribution in [2.24, 2.45) is 7.05 Å². The first-order valence-corrected chi connectivity index (χ1v) is 12.0. The minimum Gasteiger partial charge on any atom is -0.497 e. The Labute approximate surface area is 182 Å². The van der Waals surface area contributed by atoms with Crippen molar-refractivity contribution in [3.05, 3.63) is 35.7 Å². The number of methoxy groups -OCH3 is 1. The van der Waals surface area contributed by atoms with Crippen molar-refractivity contribution < 1.29 is 17.9 Å². The number of imidazole rings is 1. The van der Waals surface area contributed by atoms with Gasteiger partial charge >= 0.3 is 0 Å². The number of sulfone groups is 1. The smallest absolute Gasteiger partial charge is 0.251 e. The minimum atomic E-state index is -3.77. The van der Waals surface area contributed by atoms with E-state index in [2.05, 4.69) is 16.9 Å². The third kappa shape index (κ3) is 4.35. The summed E-state index contributed by atoms with van der Waals surface area (Å²) in [5.74, 6) is 1.90. The predicted octanol–water partition coefficient (Wildman–Crippen LogP) is 2.13. The lowest BCUT2D eigenvalue weighted by molar-refractivity contribution is 0.122. The molecule has 31 heavy (non-hydrogen) atoms. The monoisotopic (exact) mass is 445 g/mol. The first-order valence-electron chi connectivity index (χ1n) is 10.3. The maximum absolute atomic E-state index is 13.2. The molecule has 0 aliphatic carbocycles. The van der Waals surface area contributed by atoms with Crippen LogP contribution in [0.3, 0.4) is 0 Å². The molecule has 1 fully saturated rings. The fraction of sp³-hybridized carbons (Fsp3) is 0.476. The van der Waals surface area contributed by atoms with Crippen LogP contribution in [0.1, 0.15) is 24.7 Å². The third-order valence-electron chi connectivity index (χ3n) is 5.35. The standard InChI is InChI=1S/C21H27N5O4S/c1-4-5-17-22-18-19(25(17)2)23-21(24-20(18)26-10-12-30-13-11-26)31(27,28)14-15-6-8-16(29-3)9-7-15/h6-9H,4-5,10-14H2,1-3H3. The molecule has 9 nitrogen and oxygen atoms in total. The van der Waals surface area contributed by atoms with Gasteiger partial charge in [-0.05, 0) is 24.1 Å². The van der Waals surface area contributed by atoms with Crippen LogP contribution in [0.2, 0.25) is 0 Å². The number of rotatable bonds is 7. The van der Waals surface area contributed by atoms with E-state index in [0.29, 0.717) is 54.6 Å². The minimum absolute atomic E-state index is 0.177. The predicted molar refractivity (Wildman–Crippen MR) is 117 cm³/mol. The van der Waals surface area contributed by atoms with Gasteiger partial charge in [-0.2, -0.15) is 9.97 Å². The number of aromatic nitrogens is 4. The van der Waals surface area contributed by atoms with E-state index in [-0.39, 0.29) is 10.9 Å². The molecule has 3 heterocycles. The fourth-order valence-electron chi connectivity index (χ4n) is 3.66. The van der Waals surface area contributed by atoms with Gasteiger partial charge in [-0.25, -0.2) is 13.4 Å². The van der Waals surface area contributed by atoms with Gasteiger partial charge < -0.3 is 18.9 Å². The van der Waals surface area contributed by atoms with E-state index < -0.39 is 9.84 Å². The van der Waals surface area contributed by atoms with E-state index in [9.17, 15) is 8.42 Å². The lowest BCUT2D eigenvalue weighted by atomic mass is 10.2. The highest BCUT2D eigenvalue weighted by Crippen LogP contribution is 2.27. The molecule has 0 unspecified atom stereocenters. The quantitative estimate of drug-likeness (QED) is 0.510. The van der Waals surface area contributed by atoms with E-state index in [1.54, 1.807) is 31.4 Å². The molecule has 1 aromatic carbocycles. The summed E-state index contributed by atoms with van der Waals surface area (Å²) in [5.41, 5.74) is 1.82. The van der Waals surface area contributed by atoms with Gasteiger partial charge in [-0.3, -0.25) is 0 Å². The summed E-state index contributed by atoms with van der Waals surface area (Å²) >= 11 is 0. The molecule has 0 atom stereocenters. The Morgan fingerprint density at radius 2 is 1.81 bits per heavy atom. The van der Waals surface area contributed by atoms with Crippen molar-refractivity contribution in [1.82, 2.24) is 19.5 Å². The topological polar surface area (TPSA) is 99.4 Å². The van der Waals surface area contributed by atoms with Gasteiger partial charge in [0.1, 0.15) is 11.6 Å². The van der Waals surface area contributed by atoms with Crippen LogP contribution in [0.25, 0.3) is 11.2 Å². The van der Waals surface area contributed by atoms with E-state index in [1.165, 1.54) is 0 Å². The number of anilines is 1. The SMILES string of the molecule is CCCc1nc2c(N3CCOCC3)nc(S(=O)(=O)Cc3ccc(OC)cc3)nc2n1C. The van der Waals surface area contributed by atoms with Crippen LogP contribution in [0.4, 0.5) is 5.82 Å². The molecule has 0 amide bonds. The number of aryl methyl sites for hydroxylation is 2. The summed E-state index contributed by atoms with van der Waals surface area (Å²) in [6.07, 6.45) is 1.71. The molecule has 0 bridgehead atoms. The van der Waals surface area contributed by atoms with Crippen molar-refractivity contribution in [2.75, 3.05) is 38.3 Å². The van der Waals surface area contributed by atoms with Crippen molar-refractivity contribution in [3.8, 4) is 5.75 Å². The zero-order chi connectivity index (χ0) is 22.0. The van der Waals surface area contributed by atoms with Crippen molar-refractivity contribution in [1.29, 1.82) is 0 Å². The molecule has 2 aromatic heterocycles. The molecule has 1 aliphatic rings. The molecule has 10 heteroatoms. The molecule has 1 aliphatic heterocycles. The average Bonchev–Trinajstić information content (AvgIpc) is 3.10. The van der Waals surface area contributed by atoms with Crippen LogP contribution in [0, 0.1) is 0 Å². The Bertz CT molecular complexity index is 1170. The lowest BCUT2D eigenvalue weighted by Gasteiger charge is -2.28. The maximum atomic E-state index is 13.2. The van der Waals surface area contributed by atoms with Crippen LogP contribution in [-0.2, 0) is 33.8 Å². The molecule has 3 aromatic rings. The van der Waals surface area contributed by atoms with E-state index in [1.807, 2.05) is 16.5 Å². The van der Waals surface area contributed by atoms with Gasteiger partial charge in [0.05, 0.1) is 26.1 Å². The molecule has 0 N–H and O–H groups in total. The number of morpholine rings is 1. The number of fused-ring (bicyclic) bond motifs is 1. The molecule has 166 valence electrons. The van der Waals surface area contributed by atoms with Crippen LogP contribution in [-0.4, -0.2) is 61.3 Å². The zero-order valence-electron chi connectivity index (χ0n) is 18.0. The summed E-state index contributed by atoms with van der Waals surface area (Å²) in [7, 11) is -0.324. The Morgan fingerprint density at radius 1 is 1.10 bits per heavy atom. The highest BCUT2D eigenvalue weighted by molar-refractivity contribution is 7.90. The van der Waals surface area contributed by atoms with Crippen LogP contribution in [0.5, 0.6) is 5.75 Å². The normalized spacial score (nSPS) is 14.9. The Kier molecular flexibility index (Phi) is 6.10. The van der Waals surface area contributed by atoms with E-state index >= 15 is 0 Å². The molecule has 0 saturated carbocycles. The average molecular weight is 446 g/mol. The van der Waals surface area contributed by atoms with Crippen LogP contribution >= 0.6 is 0 Å². The van der Waals surface area contributed by atoms with Crippen molar-refractivity contribution in [3.63, 3.8) is 0 Å². The number of hydrogen-bond acceptors (Lipinski definition) is 8. The van der Waals surface area contributed by atoms with Gasteiger partial charge in [-0.15, -0.1) is 0 Å². The third-order valence-corrected chi connectivity index (χ3v) is 6.80. The highest BCUT2D eigenvalue weighted by atomic mass is 32.2. The Hall–Kier alpha value is -2.72. The second-order valence-corrected chi connectivity index (χ2v) is 9.43. The van der Waals surface area contributed by atoms with E-state index in [0.717, 1.165) is 18.7 Å². The fourth-order valence-corrected chi connectivity index (χ4v) is 4.87.